The molecule has 0 heterocycles. The third-order valence-electron chi connectivity index (χ3n) is 1.86. The van der Waals surface area contributed by atoms with Crippen LogP contribution >= 0.6 is 11.8 Å². The highest BCUT2D eigenvalue weighted by atomic mass is 32.2. The van der Waals surface area contributed by atoms with Gasteiger partial charge in [0.25, 0.3) is 0 Å². The van der Waals surface area contributed by atoms with Crippen LogP contribution in [0.3, 0.4) is 0 Å². The molecule has 0 aliphatic heterocycles. The van der Waals surface area contributed by atoms with Crippen molar-refractivity contribution in [1.82, 2.24) is 0 Å². The van der Waals surface area contributed by atoms with Crippen molar-refractivity contribution in [2.75, 3.05) is 5.75 Å². The Morgan fingerprint density at radius 2 is 2.00 bits per heavy atom. The second-order valence-electron chi connectivity index (χ2n) is 2.78. The van der Waals surface area contributed by atoms with Gasteiger partial charge in [-0.05, 0) is 25.0 Å². The van der Waals surface area contributed by atoms with Crippen LogP contribution in [-0.2, 0) is 0 Å². The Kier molecular flexibility index (Phi) is 3.49. The van der Waals surface area contributed by atoms with Crippen LogP contribution < -0.4 is 0 Å². The molecule has 0 nitrogen and oxygen atoms in total. The minimum atomic E-state index is 1.03. The number of hydrogen-bond acceptors (Lipinski definition) is 1. The lowest BCUT2D eigenvalue weighted by Crippen LogP contribution is -1.94. The molecule has 0 atom stereocenters. The second kappa shape index (κ2) is 4.21. The standard InChI is InChI=1S/C8H16S/c1-2-7-9-8-5-3-4-6-8/h8H,2-7H2,1H3. The first-order chi connectivity index (χ1) is 4.43. The van der Waals surface area contributed by atoms with E-state index in [2.05, 4.69) is 18.7 Å². The predicted octanol–water partition coefficient (Wildman–Crippen LogP) is 3.07. The molecule has 0 unspecified atom stereocenters. The van der Waals surface area contributed by atoms with Gasteiger partial charge >= 0.3 is 0 Å². The second-order valence-corrected chi connectivity index (χ2v) is 4.19. The molecule has 0 spiro atoms. The van der Waals surface area contributed by atoms with Crippen molar-refractivity contribution in [2.45, 2.75) is 44.3 Å². The highest BCUT2D eigenvalue weighted by molar-refractivity contribution is 7.99. The number of rotatable bonds is 3. The third-order valence-corrected chi connectivity index (χ3v) is 3.45. The number of hydrogen-bond donors (Lipinski definition) is 0. The van der Waals surface area contributed by atoms with Crippen molar-refractivity contribution in [3.05, 3.63) is 0 Å². The molecule has 0 saturated heterocycles. The van der Waals surface area contributed by atoms with E-state index < -0.39 is 0 Å². The molecule has 1 saturated carbocycles. The van der Waals surface area contributed by atoms with Crippen molar-refractivity contribution in [3.63, 3.8) is 0 Å². The van der Waals surface area contributed by atoms with Gasteiger partial charge in [-0.2, -0.15) is 11.8 Å². The normalized spacial score (nSPS) is 21.0. The van der Waals surface area contributed by atoms with Crippen LogP contribution in [0.1, 0.15) is 39.0 Å². The van der Waals surface area contributed by atoms with Crippen molar-refractivity contribution in [1.29, 1.82) is 0 Å². The molecule has 0 amide bonds. The van der Waals surface area contributed by atoms with Crippen LogP contribution in [0.25, 0.3) is 0 Å². The fourth-order valence-electron chi connectivity index (χ4n) is 1.34. The molecule has 1 fully saturated rings. The molecule has 0 radical (unpaired) electrons. The molecule has 0 aromatic heterocycles. The quantitative estimate of drug-likeness (QED) is 0.586. The summed E-state index contributed by atoms with van der Waals surface area (Å²) in [7, 11) is 0. The predicted molar refractivity (Wildman–Crippen MR) is 45.0 cm³/mol. The van der Waals surface area contributed by atoms with Gasteiger partial charge in [-0.25, -0.2) is 0 Å². The van der Waals surface area contributed by atoms with E-state index in [1.54, 1.807) is 0 Å². The molecule has 0 aromatic carbocycles. The fraction of sp³-hybridized carbons (Fsp3) is 1.00. The Bertz CT molecular complexity index is 65.0. The summed E-state index contributed by atoms with van der Waals surface area (Å²) in [5, 5.41) is 1.03. The summed E-state index contributed by atoms with van der Waals surface area (Å²) in [5.41, 5.74) is 0. The zero-order valence-electron chi connectivity index (χ0n) is 6.23. The van der Waals surface area contributed by atoms with Gasteiger partial charge in [-0.3, -0.25) is 0 Å². The van der Waals surface area contributed by atoms with Crippen LogP contribution in [0.4, 0.5) is 0 Å². The number of thioether (sulfide) groups is 1. The first-order valence-electron chi connectivity index (χ1n) is 4.05. The van der Waals surface area contributed by atoms with Crippen LogP contribution in [0.5, 0.6) is 0 Å². The molecule has 1 aliphatic carbocycles. The Hall–Kier alpha value is 0.350. The first-order valence-corrected chi connectivity index (χ1v) is 5.10. The lowest BCUT2D eigenvalue weighted by molar-refractivity contribution is 0.886. The Morgan fingerprint density at radius 1 is 1.33 bits per heavy atom. The molecular formula is C8H16S. The largest absolute Gasteiger partial charge is 0.159 e. The van der Waals surface area contributed by atoms with Gasteiger partial charge in [-0.15, -0.1) is 0 Å². The zero-order valence-corrected chi connectivity index (χ0v) is 7.04. The van der Waals surface area contributed by atoms with Crippen LogP contribution in [0.2, 0.25) is 0 Å². The minimum absolute atomic E-state index is 1.03. The van der Waals surface area contributed by atoms with Gasteiger partial charge in [0.05, 0.1) is 0 Å². The summed E-state index contributed by atoms with van der Waals surface area (Å²) in [6, 6.07) is 0. The molecule has 9 heavy (non-hydrogen) atoms. The third kappa shape index (κ3) is 2.61. The van der Waals surface area contributed by atoms with E-state index in [1.807, 2.05) is 0 Å². The summed E-state index contributed by atoms with van der Waals surface area (Å²) in [5.74, 6) is 1.38. The molecular weight excluding hydrogens is 128 g/mol. The average Bonchev–Trinajstić information content (AvgIpc) is 2.34. The molecule has 0 aromatic rings. The van der Waals surface area contributed by atoms with Crippen molar-refractivity contribution >= 4 is 11.8 Å². The van der Waals surface area contributed by atoms with Crippen molar-refractivity contribution < 1.29 is 0 Å². The minimum Gasteiger partial charge on any atom is -0.159 e. The summed E-state index contributed by atoms with van der Waals surface area (Å²) in [4.78, 5) is 0. The van der Waals surface area contributed by atoms with E-state index in [0.29, 0.717) is 0 Å². The van der Waals surface area contributed by atoms with Gasteiger partial charge < -0.3 is 0 Å². The SMILES string of the molecule is CCCSC1CCCC1. The average molecular weight is 144 g/mol. The molecule has 54 valence electrons. The summed E-state index contributed by atoms with van der Waals surface area (Å²) in [6.45, 7) is 2.27. The first kappa shape index (κ1) is 7.46. The van der Waals surface area contributed by atoms with Gasteiger partial charge in [0.15, 0.2) is 0 Å². The van der Waals surface area contributed by atoms with E-state index in [9.17, 15) is 0 Å². The lowest BCUT2D eigenvalue weighted by Gasteiger charge is -2.05. The zero-order chi connectivity index (χ0) is 6.53. The molecule has 0 N–H and O–H groups in total. The molecule has 1 rings (SSSR count). The Morgan fingerprint density at radius 3 is 2.56 bits per heavy atom. The fourth-order valence-corrected chi connectivity index (χ4v) is 2.58. The maximum absolute atomic E-state index is 2.27. The molecule has 1 heteroatoms. The van der Waals surface area contributed by atoms with Crippen LogP contribution in [-0.4, -0.2) is 11.0 Å². The van der Waals surface area contributed by atoms with Crippen LogP contribution in [0.15, 0.2) is 0 Å². The van der Waals surface area contributed by atoms with E-state index >= 15 is 0 Å². The molecule has 0 bridgehead atoms. The maximum Gasteiger partial charge on any atom is 0.00470 e. The Labute approximate surface area is 62.4 Å². The summed E-state index contributed by atoms with van der Waals surface area (Å²) < 4.78 is 0. The van der Waals surface area contributed by atoms with Gasteiger partial charge in [0, 0.05) is 5.25 Å². The van der Waals surface area contributed by atoms with E-state index in [-0.39, 0.29) is 0 Å². The topological polar surface area (TPSA) is 0 Å². The van der Waals surface area contributed by atoms with Crippen molar-refractivity contribution in [2.24, 2.45) is 0 Å². The Balaban J connectivity index is 1.98. The monoisotopic (exact) mass is 144 g/mol. The van der Waals surface area contributed by atoms with Gasteiger partial charge in [0.1, 0.15) is 0 Å². The van der Waals surface area contributed by atoms with E-state index in [1.165, 1.54) is 37.9 Å². The maximum atomic E-state index is 2.27. The highest BCUT2D eigenvalue weighted by Crippen LogP contribution is 2.29. The highest BCUT2D eigenvalue weighted by Gasteiger charge is 2.13. The van der Waals surface area contributed by atoms with Gasteiger partial charge in [-0.1, -0.05) is 19.8 Å². The van der Waals surface area contributed by atoms with Crippen molar-refractivity contribution in [3.8, 4) is 0 Å². The lowest BCUT2D eigenvalue weighted by atomic mass is 10.4. The smallest absolute Gasteiger partial charge is 0.00470 e. The van der Waals surface area contributed by atoms with E-state index in [4.69, 9.17) is 0 Å². The van der Waals surface area contributed by atoms with Crippen LogP contribution in [0, 0.1) is 0 Å². The van der Waals surface area contributed by atoms with Gasteiger partial charge in [0.2, 0.25) is 0 Å². The molecule has 1 aliphatic rings. The summed E-state index contributed by atoms with van der Waals surface area (Å²) in [6.07, 6.45) is 7.30. The van der Waals surface area contributed by atoms with E-state index in [0.717, 1.165) is 5.25 Å². The summed E-state index contributed by atoms with van der Waals surface area (Å²) >= 11 is 2.18.